The first-order valence-corrected chi connectivity index (χ1v) is 7.34. The quantitative estimate of drug-likeness (QED) is 0.478. The van der Waals surface area contributed by atoms with E-state index in [1.807, 2.05) is 19.1 Å². The number of nitro groups is 1. The minimum Gasteiger partial charge on any atom is -0.490 e. The van der Waals surface area contributed by atoms with Crippen LogP contribution in [0.1, 0.15) is 12.5 Å². The molecule has 2 aromatic rings. The van der Waals surface area contributed by atoms with Gasteiger partial charge < -0.3 is 14.8 Å². The van der Waals surface area contributed by atoms with Crippen molar-refractivity contribution >= 4 is 17.3 Å². The number of nitrogens with zero attached hydrogens (tertiary/aromatic N) is 1. The number of nitro benzene ring substituents is 1. The van der Waals surface area contributed by atoms with Gasteiger partial charge in [0, 0.05) is 13.0 Å². The third-order valence-corrected chi connectivity index (χ3v) is 3.09. The molecule has 1 amide bonds. The van der Waals surface area contributed by atoms with Crippen molar-refractivity contribution in [2.45, 2.75) is 13.8 Å². The van der Waals surface area contributed by atoms with Gasteiger partial charge in [0.1, 0.15) is 24.7 Å². The molecule has 24 heavy (non-hydrogen) atoms. The maximum absolute atomic E-state index is 11.2. The van der Waals surface area contributed by atoms with Crippen molar-refractivity contribution in [1.29, 1.82) is 0 Å². The molecule has 0 aromatic heterocycles. The fourth-order valence-corrected chi connectivity index (χ4v) is 2.04. The molecule has 0 heterocycles. The minimum atomic E-state index is -0.476. The smallest absolute Gasteiger partial charge is 0.273 e. The van der Waals surface area contributed by atoms with Gasteiger partial charge in [-0.15, -0.1) is 0 Å². The predicted molar refractivity (Wildman–Crippen MR) is 89.6 cm³/mol. The molecule has 0 unspecified atom stereocenters. The fourth-order valence-electron chi connectivity index (χ4n) is 2.04. The van der Waals surface area contributed by atoms with Crippen LogP contribution in [0.5, 0.6) is 11.5 Å². The van der Waals surface area contributed by atoms with Gasteiger partial charge in [0.05, 0.1) is 16.7 Å². The number of non-ortho nitro benzene ring substituents is 1. The number of nitrogens with one attached hydrogen (secondary N) is 1. The second-order valence-corrected chi connectivity index (χ2v) is 5.13. The van der Waals surface area contributed by atoms with Crippen LogP contribution in [-0.2, 0) is 4.79 Å². The van der Waals surface area contributed by atoms with E-state index in [1.54, 1.807) is 18.2 Å². The van der Waals surface area contributed by atoms with Crippen molar-refractivity contribution in [3.63, 3.8) is 0 Å². The van der Waals surface area contributed by atoms with Crippen LogP contribution in [0.2, 0.25) is 0 Å². The third kappa shape index (κ3) is 4.98. The number of benzene rings is 2. The Bertz CT molecular complexity index is 746. The lowest BCUT2D eigenvalue weighted by Crippen LogP contribution is -2.12. The van der Waals surface area contributed by atoms with E-state index in [4.69, 9.17) is 9.47 Å². The molecule has 0 atom stereocenters. The second-order valence-electron chi connectivity index (χ2n) is 5.13. The van der Waals surface area contributed by atoms with Crippen LogP contribution in [0, 0.1) is 17.0 Å². The van der Waals surface area contributed by atoms with Crippen LogP contribution < -0.4 is 14.8 Å². The SMILES string of the molecule is CC(=O)Nc1ccc(C)cc1OCCOc1cccc([N+](=O)[O-])c1. The zero-order valence-corrected chi connectivity index (χ0v) is 13.4. The van der Waals surface area contributed by atoms with E-state index in [2.05, 4.69) is 5.32 Å². The highest BCUT2D eigenvalue weighted by Gasteiger charge is 2.08. The van der Waals surface area contributed by atoms with Crippen molar-refractivity contribution in [3.8, 4) is 11.5 Å². The Morgan fingerprint density at radius 2 is 1.92 bits per heavy atom. The van der Waals surface area contributed by atoms with E-state index in [0.717, 1.165) is 5.56 Å². The Balaban J connectivity index is 1.92. The van der Waals surface area contributed by atoms with Gasteiger partial charge in [-0.3, -0.25) is 14.9 Å². The van der Waals surface area contributed by atoms with E-state index < -0.39 is 4.92 Å². The van der Waals surface area contributed by atoms with Gasteiger partial charge in [0.2, 0.25) is 5.91 Å². The number of hydrogen-bond donors (Lipinski definition) is 1. The van der Waals surface area contributed by atoms with Crippen molar-refractivity contribution in [2.24, 2.45) is 0 Å². The summed E-state index contributed by atoms with van der Waals surface area (Å²) in [7, 11) is 0. The van der Waals surface area contributed by atoms with Crippen LogP contribution >= 0.6 is 0 Å². The largest absolute Gasteiger partial charge is 0.490 e. The summed E-state index contributed by atoms with van der Waals surface area (Å²) < 4.78 is 11.1. The number of aryl methyl sites for hydroxylation is 1. The first-order chi connectivity index (χ1) is 11.5. The monoisotopic (exact) mass is 330 g/mol. The summed E-state index contributed by atoms with van der Waals surface area (Å²) in [6.07, 6.45) is 0. The highest BCUT2D eigenvalue weighted by atomic mass is 16.6. The Labute approximate surface area is 139 Å². The van der Waals surface area contributed by atoms with Crippen molar-refractivity contribution in [3.05, 3.63) is 58.1 Å². The van der Waals surface area contributed by atoms with E-state index in [9.17, 15) is 14.9 Å². The fraction of sp³-hybridized carbons (Fsp3) is 0.235. The summed E-state index contributed by atoms with van der Waals surface area (Å²) in [5.74, 6) is 0.767. The first-order valence-electron chi connectivity index (χ1n) is 7.34. The molecule has 7 heteroatoms. The standard InChI is InChI=1S/C17H18N2O5/c1-12-6-7-16(18-13(2)20)17(10-12)24-9-8-23-15-5-3-4-14(11-15)19(21)22/h3-7,10-11H,8-9H2,1-2H3,(H,18,20). The molecule has 2 aromatic carbocycles. The van der Waals surface area contributed by atoms with E-state index in [0.29, 0.717) is 17.2 Å². The van der Waals surface area contributed by atoms with Crippen molar-refractivity contribution < 1.29 is 19.2 Å². The number of rotatable bonds is 7. The molecular weight excluding hydrogens is 312 g/mol. The highest BCUT2D eigenvalue weighted by molar-refractivity contribution is 5.90. The number of carbonyl (C=O) groups is 1. The molecule has 0 spiro atoms. The number of ether oxygens (including phenoxy) is 2. The molecule has 0 aliphatic rings. The molecule has 0 aliphatic carbocycles. The maximum atomic E-state index is 11.2. The Hall–Kier alpha value is -3.09. The molecule has 2 rings (SSSR count). The summed E-state index contributed by atoms with van der Waals surface area (Å²) >= 11 is 0. The summed E-state index contributed by atoms with van der Waals surface area (Å²) in [6.45, 7) is 3.80. The van der Waals surface area contributed by atoms with Crippen LogP contribution in [0.15, 0.2) is 42.5 Å². The molecule has 0 saturated heterocycles. The zero-order valence-electron chi connectivity index (χ0n) is 13.4. The highest BCUT2D eigenvalue weighted by Crippen LogP contribution is 2.26. The van der Waals surface area contributed by atoms with E-state index in [-0.39, 0.29) is 24.8 Å². The van der Waals surface area contributed by atoms with E-state index in [1.165, 1.54) is 19.1 Å². The summed E-state index contributed by atoms with van der Waals surface area (Å²) in [5, 5.41) is 13.4. The average Bonchev–Trinajstić information content (AvgIpc) is 2.54. The van der Waals surface area contributed by atoms with Gasteiger partial charge in [0.15, 0.2) is 0 Å². The van der Waals surface area contributed by atoms with Gasteiger partial charge >= 0.3 is 0 Å². The predicted octanol–water partition coefficient (Wildman–Crippen LogP) is 3.32. The third-order valence-electron chi connectivity index (χ3n) is 3.09. The minimum absolute atomic E-state index is 0.0277. The topological polar surface area (TPSA) is 90.7 Å². The molecule has 0 fully saturated rings. The van der Waals surface area contributed by atoms with Crippen LogP contribution in [0.4, 0.5) is 11.4 Å². The summed E-state index contributed by atoms with van der Waals surface area (Å²) in [5.41, 5.74) is 1.56. The average molecular weight is 330 g/mol. The number of hydrogen-bond acceptors (Lipinski definition) is 5. The Morgan fingerprint density at radius 3 is 2.62 bits per heavy atom. The van der Waals surface area contributed by atoms with Gasteiger partial charge in [-0.1, -0.05) is 12.1 Å². The van der Waals surface area contributed by atoms with Crippen LogP contribution in [-0.4, -0.2) is 24.0 Å². The Morgan fingerprint density at radius 1 is 1.17 bits per heavy atom. The van der Waals surface area contributed by atoms with Crippen LogP contribution in [0.25, 0.3) is 0 Å². The zero-order chi connectivity index (χ0) is 17.5. The number of carbonyl (C=O) groups excluding carboxylic acids is 1. The maximum Gasteiger partial charge on any atom is 0.273 e. The van der Waals surface area contributed by atoms with Gasteiger partial charge in [-0.05, 0) is 30.7 Å². The normalized spacial score (nSPS) is 10.1. The molecule has 0 aliphatic heterocycles. The lowest BCUT2D eigenvalue weighted by molar-refractivity contribution is -0.384. The van der Waals surface area contributed by atoms with E-state index >= 15 is 0 Å². The first kappa shape index (κ1) is 17.3. The molecule has 0 saturated carbocycles. The van der Waals surface area contributed by atoms with Crippen molar-refractivity contribution in [1.82, 2.24) is 0 Å². The van der Waals surface area contributed by atoms with Gasteiger partial charge in [-0.2, -0.15) is 0 Å². The van der Waals surface area contributed by atoms with Gasteiger partial charge in [0.25, 0.3) is 5.69 Å². The molecule has 1 N–H and O–H groups in total. The lowest BCUT2D eigenvalue weighted by atomic mass is 10.2. The summed E-state index contributed by atoms with van der Waals surface area (Å²) in [6, 6.07) is 11.4. The molecular formula is C17H18N2O5. The molecule has 7 nitrogen and oxygen atoms in total. The second kappa shape index (κ2) is 7.96. The van der Waals surface area contributed by atoms with Crippen molar-refractivity contribution in [2.75, 3.05) is 18.5 Å². The molecule has 126 valence electrons. The van der Waals surface area contributed by atoms with Crippen LogP contribution in [0.3, 0.4) is 0 Å². The molecule has 0 radical (unpaired) electrons. The summed E-state index contributed by atoms with van der Waals surface area (Å²) in [4.78, 5) is 21.4. The number of amides is 1. The van der Waals surface area contributed by atoms with Gasteiger partial charge in [-0.25, -0.2) is 0 Å². The Kier molecular flexibility index (Phi) is 5.73. The lowest BCUT2D eigenvalue weighted by Gasteiger charge is -2.13. The number of anilines is 1. The molecule has 0 bridgehead atoms.